The SMILES string of the molecule is Cc1ccc(C(C)(O)C2(C#N)CCOC2)s1. The van der Waals surface area contributed by atoms with E-state index in [0.29, 0.717) is 19.6 Å². The molecule has 4 heteroatoms. The molecule has 1 aromatic heterocycles. The molecular formula is C12H15NO2S. The number of ether oxygens (including phenoxy) is 1. The Morgan fingerprint density at radius 3 is 2.81 bits per heavy atom. The lowest BCUT2D eigenvalue weighted by molar-refractivity contribution is -0.0451. The molecular weight excluding hydrogens is 222 g/mol. The molecule has 0 amide bonds. The van der Waals surface area contributed by atoms with Gasteiger partial charge >= 0.3 is 0 Å². The molecule has 16 heavy (non-hydrogen) atoms. The largest absolute Gasteiger partial charge is 0.383 e. The zero-order valence-electron chi connectivity index (χ0n) is 9.49. The summed E-state index contributed by atoms with van der Waals surface area (Å²) < 4.78 is 5.29. The van der Waals surface area contributed by atoms with Gasteiger partial charge in [0.15, 0.2) is 0 Å². The van der Waals surface area contributed by atoms with Crippen LogP contribution in [-0.4, -0.2) is 18.3 Å². The van der Waals surface area contributed by atoms with Gasteiger partial charge in [-0.25, -0.2) is 0 Å². The highest BCUT2D eigenvalue weighted by Crippen LogP contribution is 2.47. The van der Waals surface area contributed by atoms with Crippen LogP contribution in [0, 0.1) is 23.7 Å². The van der Waals surface area contributed by atoms with Crippen LogP contribution >= 0.6 is 11.3 Å². The molecule has 2 heterocycles. The average Bonchev–Trinajstić information content (AvgIpc) is 2.86. The number of thiophene rings is 1. The van der Waals surface area contributed by atoms with Gasteiger partial charge in [-0.15, -0.1) is 11.3 Å². The van der Waals surface area contributed by atoms with Gasteiger partial charge in [-0.1, -0.05) is 0 Å². The van der Waals surface area contributed by atoms with Crippen molar-refractivity contribution in [3.63, 3.8) is 0 Å². The summed E-state index contributed by atoms with van der Waals surface area (Å²) >= 11 is 1.54. The zero-order valence-corrected chi connectivity index (χ0v) is 10.3. The molecule has 1 N–H and O–H groups in total. The van der Waals surface area contributed by atoms with Gasteiger partial charge in [0.2, 0.25) is 0 Å². The Labute approximate surface area is 99.3 Å². The fourth-order valence-corrected chi connectivity index (χ4v) is 3.09. The second-order valence-corrected chi connectivity index (χ2v) is 5.77. The quantitative estimate of drug-likeness (QED) is 0.858. The van der Waals surface area contributed by atoms with Crippen LogP contribution in [0.25, 0.3) is 0 Å². The van der Waals surface area contributed by atoms with Crippen LogP contribution in [-0.2, 0) is 10.3 Å². The number of hydrogen-bond donors (Lipinski definition) is 1. The number of nitrogens with zero attached hydrogens (tertiary/aromatic N) is 1. The summed E-state index contributed by atoms with van der Waals surface area (Å²) in [6, 6.07) is 6.12. The normalized spacial score (nSPS) is 28.6. The number of aliphatic hydroxyl groups is 1. The first-order valence-corrected chi connectivity index (χ1v) is 6.12. The van der Waals surface area contributed by atoms with Gasteiger partial charge in [0, 0.05) is 16.4 Å². The number of rotatable bonds is 2. The molecule has 1 saturated heterocycles. The first-order valence-electron chi connectivity index (χ1n) is 5.30. The van der Waals surface area contributed by atoms with E-state index < -0.39 is 11.0 Å². The maximum atomic E-state index is 10.7. The molecule has 0 radical (unpaired) electrons. The van der Waals surface area contributed by atoms with Crippen molar-refractivity contribution in [1.29, 1.82) is 5.26 Å². The smallest absolute Gasteiger partial charge is 0.117 e. The van der Waals surface area contributed by atoms with E-state index in [4.69, 9.17) is 4.74 Å². The van der Waals surface area contributed by atoms with Crippen LogP contribution < -0.4 is 0 Å². The van der Waals surface area contributed by atoms with E-state index in [9.17, 15) is 10.4 Å². The second kappa shape index (κ2) is 3.85. The summed E-state index contributed by atoms with van der Waals surface area (Å²) in [5.74, 6) is 0. The van der Waals surface area contributed by atoms with Gasteiger partial charge in [0.1, 0.15) is 11.0 Å². The number of hydrogen-bond acceptors (Lipinski definition) is 4. The average molecular weight is 237 g/mol. The molecule has 1 aliphatic heterocycles. The highest BCUT2D eigenvalue weighted by Gasteiger charge is 2.52. The second-order valence-electron chi connectivity index (χ2n) is 4.48. The van der Waals surface area contributed by atoms with Gasteiger partial charge in [-0.3, -0.25) is 0 Å². The summed E-state index contributed by atoms with van der Waals surface area (Å²) in [4.78, 5) is 1.99. The molecule has 2 atom stereocenters. The molecule has 2 rings (SSSR count). The van der Waals surface area contributed by atoms with Crippen LogP contribution in [0.5, 0.6) is 0 Å². The van der Waals surface area contributed by atoms with E-state index in [1.165, 1.54) is 11.3 Å². The van der Waals surface area contributed by atoms with Crippen molar-refractivity contribution in [1.82, 2.24) is 0 Å². The van der Waals surface area contributed by atoms with Crippen molar-refractivity contribution in [3.8, 4) is 6.07 Å². The third-order valence-electron chi connectivity index (χ3n) is 3.39. The maximum Gasteiger partial charge on any atom is 0.117 e. The van der Waals surface area contributed by atoms with Gasteiger partial charge in [0.05, 0.1) is 12.7 Å². The summed E-state index contributed by atoms with van der Waals surface area (Å²) in [5, 5.41) is 20.0. The monoisotopic (exact) mass is 237 g/mol. The third-order valence-corrected chi connectivity index (χ3v) is 4.60. The van der Waals surface area contributed by atoms with Gasteiger partial charge < -0.3 is 9.84 Å². The van der Waals surface area contributed by atoms with Gasteiger partial charge in [-0.2, -0.15) is 5.26 Å². The van der Waals surface area contributed by atoms with E-state index in [2.05, 4.69) is 6.07 Å². The predicted octanol–water partition coefficient (Wildman–Crippen LogP) is 2.19. The fraction of sp³-hybridized carbons (Fsp3) is 0.583. The van der Waals surface area contributed by atoms with Crippen LogP contribution in [0.3, 0.4) is 0 Å². The van der Waals surface area contributed by atoms with Crippen molar-refractivity contribution in [2.75, 3.05) is 13.2 Å². The van der Waals surface area contributed by atoms with Crippen LogP contribution in [0.4, 0.5) is 0 Å². The van der Waals surface area contributed by atoms with E-state index >= 15 is 0 Å². The van der Waals surface area contributed by atoms with E-state index in [1.54, 1.807) is 6.92 Å². The summed E-state index contributed by atoms with van der Waals surface area (Å²) in [5.41, 5.74) is -1.93. The Hall–Kier alpha value is -0.890. The molecule has 86 valence electrons. The standard InChI is InChI=1S/C12H15NO2S/c1-9-3-4-10(16-9)11(2,14)12(7-13)5-6-15-8-12/h3-4,14H,5-6,8H2,1-2H3. The maximum absolute atomic E-state index is 10.7. The van der Waals surface area contributed by atoms with Crippen molar-refractivity contribution >= 4 is 11.3 Å². The third kappa shape index (κ3) is 1.56. The van der Waals surface area contributed by atoms with E-state index in [0.717, 1.165) is 9.75 Å². The first kappa shape index (κ1) is 11.6. The molecule has 2 unspecified atom stereocenters. The minimum Gasteiger partial charge on any atom is -0.383 e. The van der Waals surface area contributed by atoms with Crippen LogP contribution in [0.15, 0.2) is 12.1 Å². The fourth-order valence-electron chi connectivity index (χ4n) is 2.08. The van der Waals surface area contributed by atoms with Crippen molar-refractivity contribution in [2.45, 2.75) is 25.9 Å². The molecule has 0 bridgehead atoms. The van der Waals surface area contributed by atoms with Crippen molar-refractivity contribution in [2.24, 2.45) is 5.41 Å². The van der Waals surface area contributed by atoms with Crippen LogP contribution in [0.2, 0.25) is 0 Å². The van der Waals surface area contributed by atoms with Crippen molar-refractivity contribution in [3.05, 3.63) is 21.9 Å². The van der Waals surface area contributed by atoms with E-state index in [1.807, 2.05) is 19.1 Å². The Morgan fingerprint density at radius 2 is 2.38 bits per heavy atom. The lowest BCUT2D eigenvalue weighted by atomic mass is 9.72. The van der Waals surface area contributed by atoms with Crippen molar-refractivity contribution < 1.29 is 9.84 Å². The minimum atomic E-state index is -1.13. The van der Waals surface area contributed by atoms with Gasteiger partial charge in [-0.05, 0) is 32.4 Å². The zero-order chi connectivity index (χ0) is 11.8. The summed E-state index contributed by atoms with van der Waals surface area (Å²) in [7, 11) is 0. The Morgan fingerprint density at radius 1 is 1.62 bits per heavy atom. The Bertz CT molecular complexity index is 424. The van der Waals surface area contributed by atoms with E-state index in [-0.39, 0.29) is 0 Å². The molecule has 1 aliphatic rings. The molecule has 0 aromatic carbocycles. The molecule has 0 spiro atoms. The highest BCUT2D eigenvalue weighted by atomic mass is 32.1. The Balaban J connectivity index is 2.41. The molecule has 0 aliphatic carbocycles. The summed E-state index contributed by atoms with van der Waals surface area (Å²) in [6.07, 6.45) is 0.591. The summed E-state index contributed by atoms with van der Waals surface area (Å²) in [6.45, 7) is 4.58. The minimum absolute atomic E-state index is 0.313. The lowest BCUT2D eigenvalue weighted by Crippen LogP contribution is -2.42. The van der Waals surface area contributed by atoms with Gasteiger partial charge in [0.25, 0.3) is 0 Å². The molecule has 3 nitrogen and oxygen atoms in total. The van der Waals surface area contributed by atoms with Crippen LogP contribution in [0.1, 0.15) is 23.1 Å². The number of nitriles is 1. The molecule has 1 aromatic rings. The number of aryl methyl sites for hydroxylation is 1. The Kier molecular flexibility index (Phi) is 2.79. The predicted molar refractivity (Wildman–Crippen MR) is 62.1 cm³/mol. The molecule has 0 saturated carbocycles. The topological polar surface area (TPSA) is 53.2 Å². The first-order chi connectivity index (χ1) is 7.52. The highest BCUT2D eigenvalue weighted by molar-refractivity contribution is 7.12. The lowest BCUT2D eigenvalue weighted by Gasteiger charge is -2.35. The molecule has 1 fully saturated rings.